The van der Waals surface area contributed by atoms with Gasteiger partial charge < -0.3 is 9.84 Å². The molecule has 7 heteroatoms. The predicted molar refractivity (Wildman–Crippen MR) is 123 cm³/mol. The van der Waals surface area contributed by atoms with Crippen molar-refractivity contribution >= 4 is 50.7 Å². The van der Waals surface area contributed by atoms with Gasteiger partial charge in [-0.05, 0) is 66.2 Å². The summed E-state index contributed by atoms with van der Waals surface area (Å²) in [5, 5.41) is 11.5. The lowest BCUT2D eigenvalue weighted by Gasteiger charge is -2.25. The maximum atomic E-state index is 13.1. The molecule has 0 radical (unpaired) electrons. The first kappa shape index (κ1) is 21.2. The Bertz CT molecular complexity index is 1170. The third kappa shape index (κ3) is 3.96. The van der Waals surface area contributed by atoms with Crippen LogP contribution in [0.25, 0.3) is 5.76 Å². The zero-order valence-electron chi connectivity index (χ0n) is 16.4. The molecule has 1 N–H and O–H groups in total. The van der Waals surface area contributed by atoms with Crippen LogP contribution >= 0.6 is 27.5 Å². The number of anilines is 1. The van der Waals surface area contributed by atoms with Gasteiger partial charge in [0.2, 0.25) is 0 Å². The van der Waals surface area contributed by atoms with Crippen molar-refractivity contribution in [2.24, 2.45) is 0 Å². The Hall–Kier alpha value is -3.09. The van der Waals surface area contributed by atoms with Crippen LogP contribution in [0.4, 0.5) is 5.69 Å². The highest BCUT2D eigenvalue weighted by molar-refractivity contribution is 9.10. The van der Waals surface area contributed by atoms with Gasteiger partial charge in [-0.15, -0.1) is 0 Å². The minimum absolute atomic E-state index is 0.0189. The Kier molecular flexibility index (Phi) is 5.85. The summed E-state index contributed by atoms with van der Waals surface area (Å²) in [5.74, 6) is -1.09. The largest absolute Gasteiger partial charge is 0.507 e. The summed E-state index contributed by atoms with van der Waals surface area (Å²) in [6, 6.07) is 19.8. The SMILES string of the molecule is COc1ccc(N2C(=O)C(=O)C(=C(O)c3ccc(Cl)cc3)[C@H]2c2ccc(Br)cc2)cc1. The van der Waals surface area contributed by atoms with Crippen LogP contribution in [0.1, 0.15) is 17.2 Å². The van der Waals surface area contributed by atoms with Crippen LogP contribution in [0.5, 0.6) is 5.75 Å². The molecule has 0 aliphatic carbocycles. The molecule has 1 aliphatic rings. The molecule has 1 heterocycles. The number of hydrogen-bond donors (Lipinski definition) is 1. The first-order chi connectivity index (χ1) is 14.9. The molecule has 1 fully saturated rings. The fourth-order valence-corrected chi connectivity index (χ4v) is 3.96. The van der Waals surface area contributed by atoms with Crippen LogP contribution in [0.3, 0.4) is 0 Å². The highest BCUT2D eigenvalue weighted by Gasteiger charge is 2.46. The maximum absolute atomic E-state index is 13.1. The monoisotopic (exact) mass is 497 g/mol. The van der Waals surface area contributed by atoms with Crippen molar-refractivity contribution in [3.63, 3.8) is 0 Å². The second kappa shape index (κ2) is 8.57. The van der Waals surface area contributed by atoms with Gasteiger partial charge in [0, 0.05) is 20.7 Å². The summed E-state index contributed by atoms with van der Waals surface area (Å²) in [6.07, 6.45) is 0. The molecule has 0 unspecified atom stereocenters. The lowest BCUT2D eigenvalue weighted by atomic mass is 9.95. The number of ether oxygens (including phenoxy) is 1. The van der Waals surface area contributed by atoms with E-state index >= 15 is 0 Å². The van der Waals surface area contributed by atoms with E-state index in [0.717, 1.165) is 4.47 Å². The minimum Gasteiger partial charge on any atom is -0.507 e. The molecule has 3 aromatic carbocycles. The van der Waals surface area contributed by atoms with Gasteiger partial charge in [-0.3, -0.25) is 14.5 Å². The van der Waals surface area contributed by atoms with Crippen molar-refractivity contribution in [2.75, 3.05) is 12.0 Å². The van der Waals surface area contributed by atoms with E-state index in [9.17, 15) is 14.7 Å². The lowest BCUT2D eigenvalue weighted by Crippen LogP contribution is -2.29. The Labute approximate surface area is 192 Å². The van der Waals surface area contributed by atoms with Gasteiger partial charge in [0.1, 0.15) is 11.5 Å². The van der Waals surface area contributed by atoms with Crippen molar-refractivity contribution in [2.45, 2.75) is 6.04 Å². The first-order valence-electron chi connectivity index (χ1n) is 9.37. The molecular weight excluding hydrogens is 482 g/mol. The van der Waals surface area contributed by atoms with Crippen molar-refractivity contribution in [3.8, 4) is 5.75 Å². The third-order valence-corrected chi connectivity index (χ3v) is 5.88. The van der Waals surface area contributed by atoms with E-state index < -0.39 is 17.7 Å². The van der Waals surface area contributed by atoms with E-state index in [-0.39, 0.29) is 11.3 Å². The molecule has 1 amide bonds. The smallest absolute Gasteiger partial charge is 0.300 e. The van der Waals surface area contributed by atoms with E-state index in [0.29, 0.717) is 27.6 Å². The number of methoxy groups -OCH3 is 1. The molecule has 5 nitrogen and oxygen atoms in total. The summed E-state index contributed by atoms with van der Waals surface area (Å²) in [5.41, 5.74) is 1.63. The van der Waals surface area contributed by atoms with Gasteiger partial charge >= 0.3 is 0 Å². The Morgan fingerprint density at radius 3 is 2.16 bits per heavy atom. The van der Waals surface area contributed by atoms with Crippen molar-refractivity contribution in [1.82, 2.24) is 0 Å². The van der Waals surface area contributed by atoms with Gasteiger partial charge in [-0.1, -0.05) is 39.7 Å². The predicted octanol–water partition coefficient (Wildman–Crippen LogP) is 5.74. The number of rotatable bonds is 4. The zero-order valence-corrected chi connectivity index (χ0v) is 18.7. The normalized spacial score (nSPS) is 17.8. The zero-order chi connectivity index (χ0) is 22.1. The van der Waals surface area contributed by atoms with E-state index in [1.54, 1.807) is 55.6 Å². The van der Waals surface area contributed by atoms with Crippen LogP contribution in [0.15, 0.2) is 82.8 Å². The highest BCUT2D eigenvalue weighted by atomic mass is 79.9. The summed E-state index contributed by atoms with van der Waals surface area (Å²) in [6.45, 7) is 0. The molecule has 0 spiro atoms. The number of aliphatic hydroxyl groups is 1. The molecular formula is C24H17BrClNO4. The van der Waals surface area contributed by atoms with E-state index in [4.69, 9.17) is 16.3 Å². The molecule has 156 valence electrons. The van der Waals surface area contributed by atoms with Crippen LogP contribution in [-0.4, -0.2) is 23.9 Å². The summed E-state index contributed by atoms with van der Waals surface area (Å²) in [7, 11) is 1.55. The number of aliphatic hydroxyl groups excluding tert-OH is 1. The van der Waals surface area contributed by atoms with Gasteiger partial charge in [-0.2, -0.15) is 0 Å². The second-order valence-corrected chi connectivity index (χ2v) is 8.28. The van der Waals surface area contributed by atoms with Crippen molar-refractivity contribution < 1.29 is 19.4 Å². The van der Waals surface area contributed by atoms with Crippen molar-refractivity contribution in [1.29, 1.82) is 0 Å². The van der Waals surface area contributed by atoms with Gasteiger partial charge in [0.15, 0.2) is 0 Å². The maximum Gasteiger partial charge on any atom is 0.300 e. The summed E-state index contributed by atoms with van der Waals surface area (Å²) < 4.78 is 6.05. The number of hydrogen-bond acceptors (Lipinski definition) is 4. The van der Waals surface area contributed by atoms with Crippen LogP contribution < -0.4 is 9.64 Å². The average molecular weight is 499 g/mol. The molecule has 3 aromatic rings. The Balaban J connectivity index is 1.91. The molecule has 1 aliphatic heterocycles. The van der Waals surface area contributed by atoms with E-state index in [2.05, 4.69) is 15.9 Å². The minimum atomic E-state index is -0.794. The number of nitrogens with zero attached hydrogens (tertiary/aromatic N) is 1. The van der Waals surface area contributed by atoms with Gasteiger partial charge in [-0.25, -0.2) is 0 Å². The molecule has 1 atom stereocenters. The molecule has 0 saturated carbocycles. The number of halogens is 2. The third-order valence-electron chi connectivity index (χ3n) is 5.10. The Morgan fingerprint density at radius 2 is 1.58 bits per heavy atom. The summed E-state index contributed by atoms with van der Waals surface area (Å²) in [4.78, 5) is 27.6. The van der Waals surface area contributed by atoms with Gasteiger partial charge in [0.25, 0.3) is 11.7 Å². The average Bonchev–Trinajstić information content (AvgIpc) is 3.05. The van der Waals surface area contributed by atoms with E-state index in [1.807, 2.05) is 24.3 Å². The van der Waals surface area contributed by atoms with Crippen molar-refractivity contribution in [3.05, 3.63) is 99.0 Å². The highest BCUT2D eigenvalue weighted by Crippen LogP contribution is 2.42. The van der Waals surface area contributed by atoms with E-state index in [1.165, 1.54) is 4.90 Å². The standard InChI is InChI=1S/C24H17BrClNO4/c1-31-19-12-10-18(11-13-19)27-21(14-2-6-16(25)7-3-14)20(23(29)24(27)30)22(28)15-4-8-17(26)9-5-15/h2-13,21,28H,1H3/t21-/m1/s1. The van der Waals surface area contributed by atoms with Crippen LogP contribution in [0, 0.1) is 0 Å². The quantitative estimate of drug-likeness (QED) is 0.283. The Morgan fingerprint density at radius 1 is 0.968 bits per heavy atom. The fraction of sp³-hybridized carbons (Fsp3) is 0.0833. The number of ketones is 1. The molecule has 1 saturated heterocycles. The second-order valence-electron chi connectivity index (χ2n) is 6.93. The number of amides is 1. The first-order valence-corrected chi connectivity index (χ1v) is 10.5. The number of carbonyl (C=O) groups is 2. The fourth-order valence-electron chi connectivity index (χ4n) is 3.57. The number of benzene rings is 3. The molecule has 4 rings (SSSR count). The molecule has 0 aromatic heterocycles. The van der Waals surface area contributed by atoms with Gasteiger partial charge in [0.05, 0.1) is 18.7 Å². The summed E-state index contributed by atoms with van der Waals surface area (Å²) >= 11 is 9.36. The number of carbonyl (C=O) groups excluding carboxylic acids is 2. The molecule has 0 bridgehead atoms. The lowest BCUT2D eigenvalue weighted by molar-refractivity contribution is -0.132. The van der Waals surface area contributed by atoms with Crippen LogP contribution in [-0.2, 0) is 9.59 Å². The topological polar surface area (TPSA) is 66.8 Å². The molecule has 31 heavy (non-hydrogen) atoms. The van der Waals surface area contributed by atoms with Crippen LogP contribution in [0.2, 0.25) is 5.02 Å². The number of Topliss-reactive ketones (excluding diaryl/α,β-unsaturated/α-hetero) is 1.